The maximum absolute atomic E-state index is 13.4. The lowest BCUT2D eigenvalue weighted by Gasteiger charge is -2.16. The number of nitrogens with one attached hydrogen (secondary N) is 2. The molecule has 1 atom stereocenters. The minimum atomic E-state index is -0.476. The molecule has 0 fully saturated rings. The Balaban J connectivity index is 1.84. The minimum absolute atomic E-state index is 0.0811. The van der Waals surface area contributed by atoms with Crippen LogP contribution in [0.25, 0.3) is 18.3 Å². The molecule has 4 rings (SSSR count). The standard InChI is InChI=1S/C25H24FN5O2/c1-15-13-30(14-28-15)22-10-5-18(12-23(22)33-4)11-21-16(2)29-25(27)31(24(21)32)17(3)19-6-8-20(26)9-7-19/h5-14,17H,2H2,1,3-4H3,(H2,27,29)/b21-11+. The average Bonchev–Trinajstić information content (AvgIpc) is 3.22. The van der Waals surface area contributed by atoms with Gasteiger partial charge in [-0.05, 0) is 55.3 Å². The Kier molecular flexibility index (Phi) is 5.83. The molecule has 0 amide bonds. The Morgan fingerprint density at radius 2 is 1.97 bits per heavy atom. The lowest BCUT2D eigenvalue weighted by atomic mass is 10.1. The summed E-state index contributed by atoms with van der Waals surface area (Å²) in [6.07, 6.45) is 5.31. The highest BCUT2D eigenvalue weighted by molar-refractivity contribution is 5.58. The normalized spacial score (nSPS) is 12.7. The Bertz CT molecular complexity index is 1550. The van der Waals surface area contributed by atoms with Crippen molar-refractivity contribution in [2.75, 3.05) is 7.11 Å². The van der Waals surface area contributed by atoms with Gasteiger partial charge < -0.3 is 14.3 Å². The van der Waals surface area contributed by atoms with Crippen LogP contribution >= 0.6 is 0 Å². The number of halogens is 1. The van der Waals surface area contributed by atoms with Crippen molar-refractivity contribution in [3.8, 4) is 11.4 Å². The summed E-state index contributed by atoms with van der Waals surface area (Å²) in [5, 5.41) is 8.95. The van der Waals surface area contributed by atoms with E-state index >= 15 is 0 Å². The molecule has 0 bridgehead atoms. The van der Waals surface area contributed by atoms with Gasteiger partial charge in [-0.1, -0.05) is 24.8 Å². The molecule has 2 heterocycles. The van der Waals surface area contributed by atoms with Gasteiger partial charge in [-0.2, -0.15) is 0 Å². The maximum Gasteiger partial charge on any atom is 0.263 e. The molecule has 0 spiro atoms. The monoisotopic (exact) mass is 445 g/mol. The fraction of sp³-hybridized carbons (Fsp3) is 0.160. The molecule has 7 nitrogen and oxygen atoms in total. The van der Waals surface area contributed by atoms with Crippen molar-refractivity contribution in [1.29, 1.82) is 5.41 Å². The van der Waals surface area contributed by atoms with Crippen molar-refractivity contribution < 1.29 is 9.13 Å². The molecule has 8 heteroatoms. The number of aromatic nitrogens is 4. The Morgan fingerprint density at radius 1 is 1.24 bits per heavy atom. The van der Waals surface area contributed by atoms with Gasteiger partial charge in [-0.15, -0.1) is 0 Å². The zero-order valence-corrected chi connectivity index (χ0v) is 18.6. The molecule has 2 N–H and O–H groups in total. The van der Waals surface area contributed by atoms with Crippen LogP contribution < -0.4 is 26.5 Å². The van der Waals surface area contributed by atoms with E-state index in [9.17, 15) is 9.18 Å². The van der Waals surface area contributed by atoms with E-state index in [2.05, 4.69) is 16.5 Å². The molecule has 0 aliphatic carbocycles. The van der Waals surface area contributed by atoms with E-state index in [0.29, 0.717) is 21.9 Å². The van der Waals surface area contributed by atoms with Crippen LogP contribution in [0.3, 0.4) is 0 Å². The van der Waals surface area contributed by atoms with Gasteiger partial charge in [-0.25, -0.2) is 9.37 Å². The number of imidazole rings is 1. The van der Waals surface area contributed by atoms with Gasteiger partial charge in [0.1, 0.15) is 11.6 Å². The highest BCUT2D eigenvalue weighted by atomic mass is 19.1. The minimum Gasteiger partial charge on any atom is -0.495 e. The summed E-state index contributed by atoms with van der Waals surface area (Å²) < 4.78 is 22.1. The summed E-state index contributed by atoms with van der Waals surface area (Å²) in [4.78, 5) is 20.5. The molecule has 168 valence electrons. The molecule has 0 saturated carbocycles. The van der Waals surface area contributed by atoms with Crippen LogP contribution in [0.1, 0.15) is 29.8 Å². The number of nitrogens with zero attached hydrogens (tertiary/aromatic N) is 3. The fourth-order valence-electron chi connectivity index (χ4n) is 3.76. The molecular weight excluding hydrogens is 421 g/mol. The number of H-pyrrole nitrogens is 1. The third-order valence-electron chi connectivity index (χ3n) is 5.53. The number of hydrogen-bond donors (Lipinski definition) is 2. The van der Waals surface area contributed by atoms with Crippen LogP contribution in [0.15, 0.2) is 59.8 Å². The van der Waals surface area contributed by atoms with Gasteiger partial charge in [0.25, 0.3) is 5.56 Å². The largest absolute Gasteiger partial charge is 0.495 e. The van der Waals surface area contributed by atoms with Crippen molar-refractivity contribution >= 4 is 12.7 Å². The van der Waals surface area contributed by atoms with Crippen LogP contribution in [0, 0.1) is 18.2 Å². The quantitative estimate of drug-likeness (QED) is 0.493. The van der Waals surface area contributed by atoms with Crippen molar-refractivity contribution in [3.63, 3.8) is 0 Å². The van der Waals surface area contributed by atoms with Gasteiger partial charge >= 0.3 is 0 Å². The van der Waals surface area contributed by atoms with E-state index in [0.717, 1.165) is 16.9 Å². The van der Waals surface area contributed by atoms with Gasteiger partial charge in [0.2, 0.25) is 5.62 Å². The van der Waals surface area contributed by atoms with Crippen LogP contribution in [0.5, 0.6) is 5.75 Å². The third-order valence-corrected chi connectivity index (χ3v) is 5.53. The van der Waals surface area contributed by atoms with Crippen molar-refractivity contribution in [2.24, 2.45) is 0 Å². The number of aryl methyl sites for hydroxylation is 1. The number of ether oxygens (including phenoxy) is 1. The molecule has 2 aromatic carbocycles. The number of benzene rings is 2. The molecule has 1 unspecified atom stereocenters. The van der Waals surface area contributed by atoms with Crippen LogP contribution in [-0.2, 0) is 0 Å². The van der Waals surface area contributed by atoms with Crippen molar-refractivity contribution in [1.82, 2.24) is 19.1 Å². The molecule has 0 radical (unpaired) electrons. The molecule has 0 saturated heterocycles. The molecule has 2 aromatic heterocycles. The van der Waals surface area contributed by atoms with E-state index in [1.54, 1.807) is 38.6 Å². The lowest BCUT2D eigenvalue weighted by molar-refractivity contribution is 0.413. The van der Waals surface area contributed by atoms with Crippen LogP contribution in [-0.4, -0.2) is 26.2 Å². The maximum atomic E-state index is 13.4. The first kappa shape index (κ1) is 22.0. The van der Waals surface area contributed by atoms with Crippen LogP contribution in [0.4, 0.5) is 4.39 Å². The number of hydrogen-bond acceptors (Lipinski definition) is 4. The van der Waals surface area contributed by atoms with Crippen molar-refractivity contribution in [3.05, 3.63) is 104 Å². The predicted molar refractivity (Wildman–Crippen MR) is 124 cm³/mol. The lowest BCUT2D eigenvalue weighted by Crippen LogP contribution is -2.54. The second-order valence-electron chi connectivity index (χ2n) is 7.77. The van der Waals surface area contributed by atoms with Gasteiger partial charge in [0.15, 0.2) is 0 Å². The number of methoxy groups -OCH3 is 1. The molecule has 0 aliphatic heterocycles. The fourth-order valence-corrected chi connectivity index (χ4v) is 3.76. The van der Waals surface area contributed by atoms with Gasteiger partial charge in [0, 0.05) is 11.5 Å². The van der Waals surface area contributed by atoms with Gasteiger partial charge in [0.05, 0.1) is 36.1 Å². The third kappa shape index (κ3) is 4.27. The summed E-state index contributed by atoms with van der Waals surface area (Å²) in [5.41, 5.74) is 2.71. The first-order valence-electron chi connectivity index (χ1n) is 10.3. The van der Waals surface area contributed by atoms with E-state index in [1.165, 1.54) is 16.7 Å². The highest BCUT2D eigenvalue weighted by Gasteiger charge is 2.13. The van der Waals surface area contributed by atoms with E-state index in [1.807, 2.05) is 35.9 Å². The summed E-state index contributed by atoms with van der Waals surface area (Å²) >= 11 is 0. The first-order valence-corrected chi connectivity index (χ1v) is 10.3. The topological polar surface area (TPSA) is 88.7 Å². The molecule has 33 heavy (non-hydrogen) atoms. The summed E-state index contributed by atoms with van der Waals surface area (Å²) in [5.74, 6) is 0.259. The smallest absolute Gasteiger partial charge is 0.263 e. The zero-order chi connectivity index (χ0) is 23.7. The summed E-state index contributed by atoms with van der Waals surface area (Å²) in [7, 11) is 1.58. The van der Waals surface area contributed by atoms with Crippen LogP contribution in [0.2, 0.25) is 0 Å². The zero-order valence-electron chi connectivity index (χ0n) is 18.6. The van der Waals surface area contributed by atoms with Crippen molar-refractivity contribution in [2.45, 2.75) is 19.9 Å². The Hall–Kier alpha value is -4.20. The Labute approximate surface area is 189 Å². The molecule has 4 aromatic rings. The summed E-state index contributed by atoms with van der Waals surface area (Å²) in [6.45, 7) is 7.62. The van der Waals surface area contributed by atoms with Gasteiger partial charge in [-0.3, -0.25) is 14.8 Å². The Morgan fingerprint density at radius 3 is 2.61 bits per heavy atom. The molecular formula is C25H24FN5O2. The first-order chi connectivity index (χ1) is 15.8. The average molecular weight is 445 g/mol. The second-order valence-corrected chi connectivity index (χ2v) is 7.77. The van der Waals surface area contributed by atoms with E-state index in [-0.39, 0.29) is 17.0 Å². The van der Waals surface area contributed by atoms with E-state index < -0.39 is 6.04 Å². The molecule has 0 aliphatic rings. The predicted octanol–water partition coefficient (Wildman–Crippen LogP) is 2.15. The number of rotatable bonds is 5. The second kappa shape index (κ2) is 8.74. The summed E-state index contributed by atoms with van der Waals surface area (Å²) in [6, 6.07) is 11.0. The number of aromatic amines is 1. The SMILES string of the molecule is C=c1[nH]c(=N)n(C(C)c2ccc(F)cc2)c(=O)/c1=C/c1ccc(-n2cnc(C)c2)c(OC)c1. The highest BCUT2D eigenvalue weighted by Crippen LogP contribution is 2.24. The van der Waals surface area contributed by atoms with E-state index in [4.69, 9.17) is 10.1 Å².